The second kappa shape index (κ2) is 4.57. The van der Waals surface area contributed by atoms with E-state index in [0.717, 1.165) is 0 Å². The van der Waals surface area contributed by atoms with Crippen LogP contribution in [0.3, 0.4) is 0 Å². The van der Waals surface area contributed by atoms with E-state index in [1.807, 2.05) is 0 Å². The highest BCUT2D eigenvalue weighted by atomic mass is 16.3. The fraction of sp³-hybridized carbons (Fsp3) is 0. The maximum Gasteiger partial charge on any atom is 0.259 e. The van der Waals surface area contributed by atoms with Crippen molar-refractivity contribution in [2.45, 2.75) is 0 Å². The molecule has 2 aromatic rings. The van der Waals surface area contributed by atoms with Crippen molar-refractivity contribution in [2.75, 3.05) is 5.32 Å². The number of carbonyl (C=O) groups is 1. The van der Waals surface area contributed by atoms with Gasteiger partial charge in [0.1, 0.15) is 11.5 Å². The number of phenolic OH excluding ortho intramolecular Hbond substituents is 2. The van der Waals surface area contributed by atoms with Crippen LogP contribution in [-0.4, -0.2) is 16.1 Å². The van der Waals surface area contributed by atoms with Gasteiger partial charge in [0.25, 0.3) is 5.91 Å². The number of amides is 1. The third-order valence-corrected chi connectivity index (χ3v) is 2.21. The van der Waals surface area contributed by atoms with Crippen LogP contribution in [0.15, 0.2) is 42.5 Å². The van der Waals surface area contributed by atoms with Crippen LogP contribution in [0.1, 0.15) is 10.4 Å². The molecule has 0 aliphatic heterocycles. The molecular formula is C13H10NO3. The summed E-state index contributed by atoms with van der Waals surface area (Å²) in [6.45, 7) is 0. The third-order valence-electron chi connectivity index (χ3n) is 2.21. The first-order valence-corrected chi connectivity index (χ1v) is 4.96. The molecule has 0 aliphatic carbocycles. The number of anilines is 1. The lowest BCUT2D eigenvalue weighted by atomic mass is 10.2. The predicted octanol–water partition coefficient (Wildman–Crippen LogP) is 2.15. The number of benzene rings is 2. The monoisotopic (exact) mass is 228 g/mol. The molecule has 0 saturated carbocycles. The quantitative estimate of drug-likeness (QED) is 0.690. The number of hydrogen-bond donors (Lipinski definition) is 3. The molecule has 1 amide bonds. The SMILES string of the molecule is O=C(Nc1ccc(O)cc1)c1c[c]ccc1O. The van der Waals surface area contributed by atoms with Crippen molar-refractivity contribution in [3.05, 3.63) is 54.1 Å². The molecule has 0 bridgehead atoms. The summed E-state index contributed by atoms with van der Waals surface area (Å²) >= 11 is 0. The molecule has 0 unspecified atom stereocenters. The maximum absolute atomic E-state index is 11.8. The molecule has 2 aromatic carbocycles. The average molecular weight is 228 g/mol. The zero-order chi connectivity index (χ0) is 12.3. The molecule has 0 aromatic heterocycles. The minimum absolute atomic E-state index is 0.0972. The largest absolute Gasteiger partial charge is 0.508 e. The normalized spacial score (nSPS) is 9.88. The summed E-state index contributed by atoms with van der Waals surface area (Å²) in [6, 6.07) is 13.1. The standard InChI is InChI=1S/C13H10NO3/c15-10-7-5-9(6-8-10)14-13(17)11-3-1-2-4-12(11)16/h2-8,15-16H,(H,14,17). The number of hydrogen-bond acceptors (Lipinski definition) is 3. The smallest absolute Gasteiger partial charge is 0.259 e. The molecule has 4 heteroatoms. The molecule has 85 valence electrons. The minimum atomic E-state index is -0.426. The number of carbonyl (C=O) groups excluding carboxylic acids is 1. The van der Waals surface area contributed by atoms with Crippen LogP contribution in [0.25, 0.3) is 0 Å². The molecule has 3 N–H and O–H groups in total. The number of phenols is 2. The maximum atomic E-state index is 11.8. The molecule has 4 nitrogen and oxygen atoms in total. The van der Waals surface area contributed by atoms with E-state index in [4.69, 9.17) is 5.11 Å². The summed E-state index contributed by atoms with van der Waals surface area (Å²) in [5, 5.41) is 21.2. The van der Waals surface area contributed by atoms with Crippen LogP contribution in [0.4, 0.5) is 5.69 Å². The first kappa shape index (κ1) is 11.0. The molecular weight excluding hydrogens is 218 g/mol. The molecule has 0 fully saturated rings. The Morgan fingerprint density at radius 3 is 2.47 bits per heavy atom. The van der Waals surface area contributed by atoms with E-state index in [0.29, 0.717) is 5.69 Å². The molecule has 0 saturated heterocycles. The molecule has 0 heterocycles. The van der Waals surface area contributed by atoms with Gasteiger partial charge in [-0.2, -0.15) is 0 Å². The first-order valence-electron chi connectivity index (χ1n) is 4.96. The highest BCUT2D eigenvalue weighted by molar-refractivity contribution is 6.06. The lowest BCUT2D eigenvalue weighted by molar-refractivity contribution is 0.102. The van der Waals surface area contributed by atoms with Crippen LogP contribution in [0.2, 0.25) is 0 Å². The summed E-state index contributed by atoms with van der Waals surface area (Å²) in [6.07, 6.45) is 0. The summed E-state index contributed by atoms with van der Waals surface area (Å²) in [4.78, 5) is 11.8. The van der Waals surface area contributed by atoms with E-state index >= 15 is 0 Å². The Hall–Kier alpha value is -2.49. The van der Waals surface area contributed by atoms with Gasteiger partial charge < -0.3 is 15.5 Å². The Kier molecular flexibility index (Phi) is 2.96. The van der Waals surface area contributed by atoms with Gasteiger partial charge in [0.2, 0.25) is 0 Å². The van der Waals surface area contributed by atoms with E-state index < -0.39 is 5.91 Å². The molecule has 2 rings (SSSR count). The number of rotatable bonds is 2. The van der Waals surface area contributed by atoms with E-state index in [2.05, 4.69) is 11.4 Å². The summed E-state index contributed by atoms with van der Waals surface area (Å²) in [5.41, 5.74) is 0.691. The van der Waals surface area contributed by atoms with E-state index in [1.54, 1.807) is 12.1 Å². The molecule has 0 atom stereocenters. The Balaban J connectivity index is 2.17. The fourth-order valence-corrected chi connectivity index (χ4v) is 1.35. The van der Waals surface area contributed by atoms with E-state index in [1.165, 1.54) is 30.3 Å². The fourth-order valence-electron chi connectivity index (χ4n) is 1.35. The second-order valence-corrected chi connectivity index (χ2v) is 3.44. The lowest BCUT2D eigenvalue weighted by Crippen LogP contribution is -2.11. The molecule has 0 aliphatic rings. The van der Waals surface area contributed by atoms with Gasteiger partial charge in [0.15, 0.2) is 0 Å². The van der Waals surface area contributed by atoms with Crippen molar-refractivity contribution in [1.29, 1.82) is 0 Å². The second-order valence-electron chi connectivity index (χ2n) is 3.44. The van der Waals surface area contributed by atoms with Crippen molar-refractivity contribution in [3.8, 4) is 11.5 Å². The summed E-state index contributed by atoms with van der Waals surface area (Å²) < 4.78 is 0. The topological polar surface area (TPSA) is 69.6 Å². The highest BCUT2D eigenvalue weighted by Crippen LogP contribution is 2.18. The van der Waals surface area contributed by atoms with Crippen LogP contribution >= 0.6 is 0 Å². The molecule has 17 heavy (non-hydrogen) atoms. The van der Waals surface area contributed by atoms with Gasteiger partial charge in [0, 0.05) is 5.69 Å². The Morgan fingerprint density at radius 2 is 1.82 bits per heavy atom. The Labute approximate surface area is 98.2 Å². The van der Waals surface area contributed by atoms with Crippen molar-refractivity contribution in [1.82, 2.24) is 0 Å². The minimum Gasteiger partial charge on any atom is -0.508 e. The Bertz CT molecular complexity index is 535. The number of aromatic hydroxyl groups is 2. The Morgan fingerprint density at radius 1 is 1.12 bits per heavy atom. The van der Waals surface area contributed by atoms with E-state index in [-0.39, 0.29) is 17.1 Å². The molecule has 1 radical (unpaired) electrons. The highest BCUT2D eigenvalue weighted by Gasteiger charge is 2.10. The summed E-state index contributed by atoms with van der Waals surface area (Å²) in [5.74, 6) is -0.399. The van der Waals surface area contributed by atoms with Gasteiger partial charge in [-0.1, -0.05) is 6.07 Å². The van der Waals surface area contributed by atoms with Crippen molar-refractivity contribution in [2.24, 2.45) is 0 Å². The zero-order valence-electron chi connectivity index (χ0n) is 8.84. The first-order chi connectivity index (χ1) is 8.16. The van der Waals surface area contributed by atoms with E-state index in [9.17, 15) is 9.90 Å². The van der Waals surface area contributed by atoms with Crippen LogP contribution in [0, 0.1) is 6.07 Å². The van der Waals surface area contributed by atoms with Crippen LogP contribution in [-0.2, 0) is 0 Å². The van der Waals surface area contributed by atoms with Gasteiger partial charge in [0.05, 0.1) is 5.56 Å². The van der Waals surface area contributed by atoms with Gasteiger partial charge >= 0.3 is 0 Å². The van der Waals surface area contributed by atoms with Gasteiger partial charge in [-0.25, -0.2) is 0 Å². The van der Waals surface area contributed by atoms with Gasteiger partial charge in [-0.3, -0.25) is 4.79 Å². The van der Waals surface area contributed by atoms with Gasteiger partial charge in [-0.05, 0) is 42.5 Å². The van der Waals surface area contributed by atoms with Crippen LogP contribution < -0.4 is 5.32 Å². The van der Waals surface area contributed by atoms with Gasteiger partial charge in [-0.15, -0.1) is 0 Å². The average Bonchev–Trinajstić information content (AvgIpc) is 2.32. The van der Waals surface area contributed by atoms with Crippen molar-refractivity contribution in [3.63, 3.8) is 0 Å². The summed E-state index contributed by atoms with van der Waals surface area (Å²) in [7, 11) is 0. The van der Waals surface area contributed by atoms with Crippen molar-refractivity contribution >= 4 is 11.6 Å². The third kappa shape index (κ3) is 2.55. The predicted molar refractivity (Wildman–Crippen MR) is 63.0 cm³/mol. The van der Waals surface area contributed by atoms with Crippen LogP contribution in [0.5, 0.6) is 11.5 Å². The zero-order valence-corrected chi connectivity index (χ0v) is 8.84. The van der Waals surface area contributed by atoms with Crippen molar-refractivity contribution < 1.29 is 15.0 Å². The number of nitrogens with one attached hydrogen (secondary N) is 1. The molecule has 0 spiro atoms. The lowest BCUT2D eigenvalue weighted by Gasteiger charge is -2.06.